The minimum atomic E-state index is 0.125. The molecule has 0 radical (unpaired) electrons. The summed E-state index contributed by atoms with van der Waals surface area (Å²) in [6.07, 6.45) is 2.64. The number of hydrogen-bond acceptors (Lipinski definition) is 1. The molecule has 3 rings (SSSR count). The standard InChI is InChI=1S/C14H17ClN2/c1-14(2,10-7-8-10)17-12-6-4-3-5-11(12)16-13(17)9-15/h3-6,10H,7-9H2,1-2H3. The first-order chi connectivity index (χ1) is 8.14. The van der Waals surface area contributed by atoms with E-state index < -0.39 is 0 Å². The molecule has 0 atom stereocenters. The zero-order valence-electron chi connectivity index (χ0n) is 10.3. The fraction of sp³-hybridized carbons (Fsp3) is 0.500. The van der Waals surface area contributed by atoms with Gasteiger partial charge in [-0.1, -0.05) is 12.1 Å². The molecule has 0 unspecified atom stereocenters. The first-order valence-corrected chi connectivity index (χ1v) is 6.71. The Bertz CT molecular complexity index is 552. The molecule has 2 aromatic rings. The Labute approximate surface area is 107 Å². The minimum absolute atomic E-state index is 0.125. The normalized spacial score (nSPS) is 16.6. The van der Waals surface area contributed by atoms with Gasteiger partial charge in [-0.15, -0.1) is 11.6 Å². The van der Waals surface area contributed by atoms with E-state index in [1.165, 1.54) is 18.4 Å². The Hall–Kier alpha value is -1.02. The van der Waals surface area contributed by atoms with Crippen LogP contribution in [0.1, 0.15) is 32.5 Å². The van der Waals surface area contributed by atoms with Gasteiger partial charge in [0.25, 0.3) is 0 Å². The van der Waals surface area contributed by atoms with Crippen LogP contribution in [-0.4, -0.2) is 9.55 Å². The molecule has 0 aliphatic heterocycles. The Morgan fingerprint density at radius 1 is 1.35 bits per heavy atom. The lowest BCUT2D eigenvalue weighted by Crippen LogP contribution is -2.30. The van der Waals surface area contributed by atoms with Crippen molar-refractivity contribution in [2.75, 3.05) is 0 Å². The van der Waals surface area contributed by atoms with Crippen LogP contribution in [0.25, 0.3) is 11.0 Å². The van der Waals surface area contributed by atoms with Gasteiger partial charge < -0.3 is 4.57 Å². The second-order valence-electron chi connectivity index (χ2n) is 5.41. The topological polar surface area (TPSA) is 17.8 Å². The van der Waals surface area contributed by atoms with Crippen LogP contribution in [0.15, 0.2) is 24.3 Å². The van der Waals surface area contributed by atoms with Crippen LogP contribution in [-0.2, 0) is 11.4 Å². The van der Waals surface area contributed by atoms with Crippen molar-refractivity contribution >= 4 is 22.6 Å². The first-order valence-electron chi connectivity index (χ1n) is 6.17. The molecule has 1 aliphatic rings. The highest BCUT2D eigenvalue weighted by Gasteiger charge is 2.40. The Morgan fingerprint density at radius 2 is 2.06 bits per heavy atom. The molecule has 1 aliphatic carbocycles. The summed E-state index contributed by atoms with van der Waals surface area (Å²) in [6.45, 7) is 4.60. The molecular formula is C14H17ClN2. The Kier molecular flexibility index (Phi) is 2.44. The zero-order chi connectivity index (χ0) is 12.0. The summed E-state index contributed by atoms with van der Waals surface area (Å²) in [4.78, 5) is 4.64. The molecule has 0 bridgehead atoms. The van der Waals surface area contributed by atoms with Gasteiger partial charge in [0.05, 0.1) is 16.9 Å². The third-order valence-corrected chi connectivity index (χ3v) is 4.14. The summed E-state index contributed by atoms with van der Waals surface area (Å²) < 4.78 is 2.34. The van der Waals surface area contributed by atoms with Crippen molar-refractivity contribution in [1.82, 2.24) is 9.55 Å². The number of imidazole rings is 1. The van der Waals surface area contributed by atoms with E-state index in [0.29, 0.717) is 5.88 Å². The number of halogens is 1. The van der Waals surface area contributed by atoms with Gasteiger partial charge in [0.1, 0.15) is 5.82 Å². The molecule has 0 amide bonds. The molecule has 0 saturated heterocycles. The van der Waals surface area contributed by atoms with Crippen LogP contribution in [0, 0.1) is 5.92 Å². The number of aromatic nitrogens is 2. The van der Waals surface area contributed by atoms with E-state index >= 15 is 0 Å². The maximum Gasteiger partial charge on any atom is 0.125 e. The van der Waals surface area contributed by atoms with E-state index in [9.17, 15) is 0 Å². The van der Waals surface area contributed by atoms with Gasteiger partial charge in [-0.05, 0) is 44.7 Å². The van der Waals surface area contributed by atoms with Gasteiger partial charge in [0.2, 0.25) is 0 Å². The van der Waals surface area contributed by atoms with E-state index in [4.69, 9.17) is 11.6 Å². The third-order valence-electron chi connectivity index (χ3n) is 3.90. The molecule has 2 nitrogen and oxygen atoms in total. The number of benzene rings is 1. The Balaban J connectivity index is 2.25. The largest absolute Gasteiger partial charge is 0.321 e. The summed E-state index contributed by atoms with van der Waals surface area (Å²) in [5, 5.41) is 0. The molecule has 1 heterocycles. The van der Waals surface area contributed by atoms with Crippen molar-refractivity contribution in [1.29, 1.82) is 0 Å². The molecule has 1 fully saturated rings. The van der Waals surface area contributed by atoms with Gasteiger partial charge in [-0.2, -0.15) is 0 Å². The van der Waals surface area contributed by atoms with Gasteiger partial charge in [-0.25, -0.2) is 4.98 Å². The van der Waals surface area contributed by atoms with Crippen LogP contribution < -0.4 is 0 Å². The maximum absolute atomic E-state index is 6.05. The van der Waals surface area contributed by atoms with Gasteiger partial charge in [-0.3, -0.25) is 0 Å². The SMILES string of the molecule is CC(C)(C1CC1)n1c(CCl)nc2ccccc21. The number of nitrogens with zero attached hydrogens (tertiary/aromatic N) is 2. The number of rotatable bonds is 3. The van der Waals surface area contributed by atoms with E-state index in [0.717, 1.165) is 17.3 Å². The number of hydrogen-bond donors (Lipinski definition) is 0. The van der Waals surface area contributed by atoms with Crippen molar-refractivity contribution in [3.63, 3.8) is 0 Å². The lowest BCUT2D eigenvalue weighted by atomic mass is 9.97. The van der Waals surface area contributed by atoms with Crippen LogP contribution in [0.5, 0.6) is 0 Å². The van der Waals surface area contributed by atoms with Crippen LogP contribution >= 0.6 is 11.6 Å². The molecule has 0 spiro atoms. The maximum atomic E-state index is 6.05. The van der Waals surface area contributed by atoms with Crippen LogP contribution in [0.3, 0.4) is 0 Å². The van der Waals surface area contributed by atoms with Crippen molar-refractivity contribution in [2.45, 2.75) is 38.1 Å². The van der Waals surface area contributed by atoms with E-state index in [1.807, 2.05) is 6.07 Å². The predicted molar refractivity (Wildman–Crippen MR) is 71.3 cm³/mol. The van der Waals surface area contributed by atoms with Crippen molar-refractivity contribution in [3.05, 3.63) is 30.1 Å². The molecule has 0 N–H and O–H groups in total. The zero-order valence-corrected chi connectivity index (χ0v) is 11.0. The molecule has 1 saturated carbocycles. The predicted octanol–water partition coefficient (Wildman–Crippen LogP) is 3.92. The summed E-state index contributed by atoms with van der Waals surface area (Å²) in [6, 6.07) is 8.30. The third kappa shape index (κ3) is 1.66. The highest BCUT2D eigenvalue weighted by atomic mass is 35.5. The first kappa shape index (κ1) is 11.1. The van der Waals surface area contributed by atoms with Crippen molar-refractivity contribution < 1.29 is 0 Å². The highest BCUT2D eigenvalue weighted by Crippen LogP contribution is 2.45. The van der Waals surface area contributed by atoms with Gasteiger partial charge >= 0.3 is 0 Å². The molecule has 90 valence electrons. The summed E-state index contributed by atoms with van der Waals surface area (Å²) in [5.41, 5.74) is 2.39. The fourth-order valence-electron chi connectivity index (χ4n) is 2.78. The van der Waals surface area contributed by atoms with Crippen LogP contribution in [0.4, 0.5) is 0 Å². The minimum Gasteiger partial charge on any atom is -0.321 e. The summed E-state index contributed by atoms with van der Waals surface area (Å²) in [5.74, 6) is 2.23. The molecule has 1 aromatic carbocycles. The number of alkyl halides is 1. The lowest BCUT2D eigenvalue weighted by molar-refractivity contribution is 0.306. The summed E-state index contributed by atoms with van der Waals surface area (Å²) >= 11 is 6.05. The van der Waals surface area contributed by atoms with Crippen LogP contribution in [0.2, 0.25) is 0 Å². The lowest BCUT2D eigenvalue weighted by Gasteiger charge is -2.29. The quantitative estimate of drug-likeness (QED) is 0.753. The van der Waals surface area contributed by atoms with Gasteiger partial charge in [0, 0.05) is 5.54 Å². The smallest absolute Gasteiger partial charge is 0.125 e. The average molecular weight is 249 g/mol. The number of para-hydroxylation sites is 2. The summed E-state index contributed by atoms with van der Waals surface area (Å²) in [7, 11) is 0. The fourth-order valence-corrected chi connectivity index (χ4v) is 2.96. The highest BCUT2D eigenvalue weighted by molar-refractivity contribution is 6.16. The molecule has 17 heavy (non-hydrogen) atoms. The van der Waals surface area contributed by atoms with Crippen molar-refractivity contribution in [3.8, 4) is 0 Å². The second kappa shape index (κ2) is 3.74. The Morgan fingerprint density at radius 3 is 2.71 bits per heavy atom. The number of fused-ring (bicyclic) bond motifs is 1. The van der Waals surface area contributed by atoms with Crippen molar-refractivity contribution in [2.24, 2.45) is 5.92 Å². The van der Waals surface area contributed by atoms with E-state index in [2.05, 4.69) is 41.6 Å². The second-order valence-corrected chi connectivity index (χ2v) is 5.68. The van der Waals surface area contributed by atoms with E-state index in [-0.39, 0.29) is 5.54 Å². The van der Waals surface area contributed by atoms with Gasteiger partial charge in [0.15, 0.2) is 0 Å². The molecular weight excluding hydrogens is 232 g/mol. The monoisotopic (exact) mass is 248 g/mol. The average Bonchev–Trinajstić information content (AvgIpc) is 3.09. The molecule has 3 heteroatoms. The van der Waals surface area contributed by atoms with E-state index in [1.54, 1.807) is 0 Å². The molecule has 1 aromatic heterocycles.